The molecule has 0 radical (unpaired) electrons. The van der Waals surface area contributed by atoms with Crippen molar-refractivity contribution in [2.75, 3.05) is 29.9 Å². The zero-order chi connectivity index (χ0) is 21.1. The Hall–Kier alpha value is -2.87. The quantitative estimate of drug-likeness (QED) is 0.763. The molecular formula is C22H24N4O3S. The maximum atomic E-state index is 13.3. The van der Waals surface area contributed by atoms with E-state index in [1.165, 1.54) is 16.7 Å². The van der Waals surface area contributed by atoms with Gasteiger partial charge in [-0.15, -0.1) is 11.8 Å². The first kappa shape index (κ1) is 20.4. The number of nitrogens with one attached hydrogen (secondary N) is 1. The lowest BCUT2D eigenvalue weighted by atomic mass is 10.1. The van der Waals surface area contributed by atoms with E-state index in [9.17, 15) is 14.4 Å². The summed E-state index contributed by atoms with van der Waals surface area (Å²) in [4.78, 5) is 47.2. The molecule has 2 aliphatic rings. The van der Waals surface area contributed by atoms with Crippen LogP contribution in [0, 0.1) is 6.92 Å². The molecule has 2 aromatic rings. The summed E-state index contributed by atoms with van der Waals surface area (Å²) >= 11 is 1.28. The van der Waals surface area contributed by atoms with Crippen LogP contribution < -0.4 is 10.2 Å². The van der Waals surface area contributed by atoms with E-state index in [2.05, 4.69) is 10.3 Å². The summed E-state index contributed by atoms with van der Waals surface area (Å²) in [6.45, 7) is 3.11. The van der Waals surface area contributed by atoms with Crippen LogP contribution in [-0.4, -0.2) is 52.5 Å². The van der Waals surface area contributed by atoms with Gasteiger partial charge in [0.2, 0.25) is 11.8 Å². The van der Waals surface area contributed by atoms with Gasteiger partial charge in [0.25, 0.3) is 5.91 Å². The van der Waals surface area contributed by atoms with Gasteiger partial charge < -0.3 is 15.1 Å². The topological polar surface area (TPSA) is 82.6 Å². The molecule has 0 bridgehead atoms. The van der Waals surface area contributed by atoms with Crippen molar-refractivity contribution in [3.8, 4) is 0 Å². The number of carbonyl (C=O) groups is 3. The minimum atomic E-state index is -0.858. The molecule has 8 heteroatoms. The van der Waals surface area contributed by atoms with Crippen LogP contribution in [0.4, 0.5) is 11.5 Å². The number of carbonyl (C=O) groups excluding carboxylic acids is 3. The Labute approximate surface area is 179 Å². The molecule has 7 nitrogen and oxygen atoms in total. The normalized spacial score (nSPS) is 18.7. The van der Waals surface area contributed by atoms with Crippen molar-refractivity contribution in [1.29, 1.82) is 0 Å². The number of nitrogens with zero attached hydrogens (tertiary/aromatic N) is 3. The van der Waals surface area contributed by atoms with Crippen molar-refractivity contribution in [2.24, 2.45) is 0 Å². The summed E-state index contributed by atoms with van der Waals surface area (Å²) in [5.41, 5.74) is 1.64. The van der Waals surface area contributed by atoms with Crippen LogP contribution in [0.15, 0.2) is 47.5 Å². The van der Waals surface area contributed by atoms with Gasteiger partial charge in [0.05, 0.1) is 5.69 Å². The van der Waals surface area contributed by atoms with E-state index in [-0.39, 0.29) is 24.3 Å². The SMILES string of the molecule is Cc1ccc(NC(=O)CN2C(=O)[C@@H](C(=O)N3CCCCC3)Sc3ccccc32)nc1. The van der Waals surface area contributed by atoms with Gasteiger partial charge in [0, 0.05) is 24.2 Å². The van der Waals surface area contributed by atoms with E-state index < -0.39 is 5.25 Å². The second-order valence-electron chi connectivity index (χ2n) is 7.54. The molecule has 0 spiro atoms. The number of anilines is 2. The number of hydrogen-bond donors (Lipinski definition) is 1. The van der Waals surface area contributed by atoms with Gasteiger partial charge in [-0.3, -0.25) is 14.4 Å². The minimum absolute atomic E-state index is 0.162. The standard InChI is InChI=1S/C22H24N4O3S/c1-15-9-10-18(23-13-15)24-19(27)14-26-16-7-3-4-8-17(16)30-20(22(26)29)21(28)25-11-5-2-6-12-25/h3-4,7-10,13,20H,2,5-6,11-12,14H2,1H3,(H,23,24,27)/t20-/m1/s1. The molecule has 4 rings (SSSR count). The zero-order valence-electron chi connectivity index (χ0n) is 16.8. The van der Waals surface area contributed by atoms with Crippen molar-refractivity contribution in [3.05, 3.63) is 48.2 Å². The van der Waals surface area contributed by atoms with Gasteiger partial charge in [0.15, 0.2) is 5.25 Å². The number of fused-ring (bicyclic) bond motifs is 1. The zero-order valence-corrected chi connectivity index (χ0v) is 17.7. The van der Waals surface area contributed by atoms with E-state index in [1.807, 2.05) is 31.2 Å². The second kappa shape index (κ2) is 8.87. The van der Waals surface area contributed by atoms with E-state index in [0.717, 1.165) is 29.7 Å². The number of likely N-dealkylation sites (tertiary alicyclic amines) is 1. The van der Waals surface area contributed by atoms with Crippen molar-refractivity contribution in [2.45, 2.75) is 36.3 Å². The van der Waals surface area contributed by atoms with Gasteiger partial charge in [-0.05, 0) is 49.9 Å². The number of amides is 3. The number of para-hydroxylation sites is 1. The summed E-state index contributed by atoms with van der Waals surface area (Å²) in [5, 5.41) is 1.87. The molecule has 0 unspecified atom stereocenters. The molecule has 1 saturated heterocycles. The second-order valence-corrected chi connectivity index (χ2v) is 8.69. The van der Waals surface area contributed by atoms with Crippen molar-refractivity contribution in [3.63, 3.8) is 0 Å². The number of benzene rings is 1. The number of piperidine rings is 1. The molecule has 0 aliphatic carbocycles. The van der Waals surface area contributed by atoms with Crippen LogP contribution in [0.3, 0.4) is 0 Å². The fraction of sp³-hybridized carbons (Fsp3) is 0.364. The summed E-state index contributed by atoms with van der Waals surface area (Å²) in [7, 11) is 0. The van der Waals surface area contributed by atoms with Crippen LogP contribution in [0.1, 0.15) is 24.8 Å². The smallest absolute Gasteiger partial charge is 0.250 e. The number of aryl methyl sites for hydroxylation is 1. The van der Waals surface area contributed by atoms with E-state index in [1.54, 1.807) is 23.2 Å². The Balaban J connectivity index is 1.54. The van der Waals surface area contributed by atoms with Crippen LogP contribution in [0.5, 0.6) is 0 Å². The molecule has 1 fully saturated rings. The Kier molecular flexibility index (Phi) is 6.03. The highest BCUT2D eigenvalue weighted by Gasteiger charge is 2.40. The molecule has 3 amide bonds. The van der Waals surface area contributed by atoms with Crippen molar-refractivity contribution >= 4 is 41.0 Å². The predicted octanol–water partition coefficient (Wildman–Crippen LogP) is 2.85. The lowest BCUT2D eigenvalue weighted by Gasteiger charge is -2.36. The van der Waals surface area contributed by atoms with Crippen LogP contribution in [-0.2, 0) is 14.4 Å². The number of pyridine rings is 1. The number of rotatable bonds is 4. The lowest BCUT2D eigenvalue weighted by Crippen LogP contribution is -2.52. The molecule has 0 saturated carbocycles. The van der Waals surface area contributed by atoms with Crippen molar-refractivity contribution in [1.82, 2.24) is 9.88 Å². The molecule has 3 heterocycles. The third kappa shape index (κ3) is 4.33. The molecule has 156 valence electrons. The van der Waals surface area contributed by atoms with Crippen LogP contribution in [0.25, 0.3) is 0 Å². The molecule has 2 aliphatic heterocycles. The van der Waals surface area contributed by atoms with Crippen molar-refractivity contribution < 1.29 is 14.4 Å². The fourth-order valence-electron chi connectivity index (χ4n) is 3.68. The average Bonchev–Trinajstić information content (AvgIpc) is 2.77. The highest BCUT2D eigenvalue weighted by Crippen LogP contribution is 2.39. The van der Waals surface area contributed by atoms with E-state index in [0.29, 0.717) is 24.6 Å². The largest absolute Gasteiger partial charge is 0.341 e. The number of thioether (sulfide) groups is 1. The molecule has 1 N–H and O–H groups in total. The molecule has 30 heavy (non-hydrogen) atoms. The third-order valence-corrected chi connectivity index (χ3v) is 6.50. The minimum Gasteiger partial charge on any atom is -0.341 e. The molecular weight excluding hydrogens is 400 g/mol. The first-order valence-corrected chi connectivity index (χ1v) is 11.0. The monoisotopic (exact) mass is 424 g/mol. The first-order chi connectivity index (χ1) is 14.5. The molecule has 1 aromatic carbocycles. The maximum Gasteiger partial charge on any atom is 0.250 e. The average molecular weight is 425 g/mol. The number of aromatic nitrogens is 1. The Morgan fingerprint density at radius 1 is 1.13 bits per heavy atom. The Morgan fingerprint density at radius 2 is 1.90 bits per heavy atom. The van der Waals surface area contributed by atoms with Gasteiger partial charge in [-0.2, -0.15) is 0 Å². The number of hydrogen-bond acceptors (Lipinski definition) is 5. The lowest BCUT2D eigenvalue weighted by molar-refractivity contribution is -0.135. The highest BCUT2D eigenvalue weighted by molar-refractivity contribution is 8.01. The van der Waals surface area contributed by atoms with Crippen LogP contribution >= 0.6 is 11.8 Å². The van der Waals surface area contributed by atoms with Gasteiger partial charge in [-0.1, -0.05) is 18.2 Å². The summed E-state index contributed by atoms with van der Waals surface area (Å²) < 4.78 is 0. The third-order valence-electron chi connectivity index (χ3n) is 5.26. The fourth-order valence-corrected chi connectivity index (χ4v) is 4.87. The summed E-state index contributed by atoms with van der Waals surface area (Å²) in [6, 6.07) is 11.0. The molecule has 1 aromatic heterocycles. The van der Waals surface area contributed by atoms with Gasteiger partial charge in [-0.25, -0.2) is 4.98 Å². The maximum absolute atomic E-state index is 13.3. The van der Waals surface area contributed by atoms with Gasteiger partial charge >= 0.3 is 0 Å². The van der Waals surface area contributed by atoms with E-state index >= 15 is 0 Å². The molecule has 1 atom stereocenters. The Morgan fingerprint density at radius 3 is 2.63 bits per heavy atom. The Bertz CT molecular complexity index is 957. The highest BCUT2D eigenvalue weighted by atomic mass is 32.2. The summed E-state index contributed by atoms with van der Waals surface area (Å²) in [6.07, 6.45) is 4.70. The van der Waals surface area contributed by atoms with Crippen LogP contribution in [0.2, 0.25) is 0 Å². The predicted molar refractivity (Wildman–Crippen MR) is 116 cm³/mol. The van der Waals surface area contributed by atoms with Gasteiger partial charge in [0.1, 0.15) is 12.4 Å². The summed E-state index contributed by atoms with van der Waals surface area (Å²) in [5.74, 6) is -0.435. The van der Waals surface area contributed by atoms with E-state index in [4.69, 9.17) is 0 Å². The first-order valence-electron chi connectivity index (χ1n) is 10.1.